The van der Waals surface area contributed by atoms with Crippen molar-refractivity contribution in [2.75, 3.05) is 0 Å². The van der Waals surface area contributed by atoms with E-state index >= 15 is 0 Å². The first kappa shape index (κ1) is 15.5. The second-order valence-electron chi connectivity index (χ2n) is 5.23. The smallest absolute Gasteiger partial charge is 0.303 e. The minimum absolute atomic E-state index is 0.0401. The molecule has 0 aliphatic heterocycles. The number of aliphatic carboxylic acids is 1. The molecular weight excluding hydrogens is 304 g/mol. The second-order valence-corrected chi connectivity index (χ2v) is 5.23. The van der Waals surface area contributed by atoms with Gasteiger partial charge in [0.15, 0.2) is 11.7 Å². The lowest BCUT2D eigenvalue weighted by Crippen LogP contribution is -1.97. The van der Waals surface area contributed by atoms with E-state index in [4.69, 9.17) is 14.8 Å². The average Bonchev–Trinajstić information content (AvgIpc) is 3.05. The van der Waals surface area contributed by atoms with Crippen LogP contribution < -0.4 is 0 Å². The van der Waals surface area contributed by atoms with Crippen LogP contribution in [0.15, 0.2) is 59.0 Å². The summed E-state index contributed by atoms with van der Waals surface area (Å²) < 4.78 is 5.82. The Morgan fingerprint density at radius 1 is 1.08 bits per heavy atom. The summed E-state index contributed by atoms with van der Waals surface area (Å²) in [6.45, 7) is 0. The number of nitriles is 1. The van der Waals surface area contributed by atoms with Crippen LogP contribution in [0.25, 0.3) is 22.6 Å². The Labute approximate surface area is 138 Å². The van der Waals surface area contributed by atoms with E-state index in [2.05, 4.69) is 11.1 Å². The monoisotopic (exact) mass is 318 g/mol. The van der Waals surface area contributed by atoms with Crippen LogP contribution in [0.4, 0.5) is 0 Å². The zero-order valence-corrected chi connectivity index (χ0v) is 12.8. The van der Waals surface area contributed by atoms with Crippen molar-refractivity contribution in [3.63, 3.8) is 0 Å². The van der Waals surface area contributed by atoms with E-state index in [9.17, 15) is 4.79 Å². The van der Waals surface area contributed by atoms with E-state index in [-0.39, 0.29) is 12.8 Å². The molecule has 0 atom stereocenters. The normalized spacial score (nSPS) is 10.3. The van der Waals surface area contributed by atoms with Crippen LogP contribution in [0.1, 0.15) is 17.9 Å². The third kappa shape index (κ3) is 3.33. The summed E-state index contributed by atoms with van der Waals surface area (Å²) in [4.78, 5) is 15.3. The Bertz CT molecular complexity index is 891. The van der Waals surface area contributed by atoms with Crippen molar-refractivity contribution in [2.24, 2.45) is 0 Å². The summed E-state index contributed by atoms with van der Waals surface area (Å²) in [6, 6.07) is 18.7. The Kier molecular flexibility index (Phi) is 4.39. The molecule has 118 valence electrons. The van der Waals surface area contributed by atoms with Gasteiger partial charge in [0, 0.05) is 17.5 Å². The lowest BCUT2D eigenvalue weighted by Gasteiger charge is -2.01. The molecule has 0 aliphatic rings. The van der Waals surface area contributed by atoms with Gasteiger partial charge < -0.3 is 9.52 Å². The highest BCUT2D eigenvalue weighted by Gasteiger charge is 2.17. The van der Waals surface area contributed by atoms with Gasteiger partial charge in [-0.3, -0.25) is 4.79 Å². The van der Waals surface area contributed by atoms with E-state index < -0.39 is 5.97 Å². The van der Waals surface area contributed by atoms with Crippen molar-refractivity contribution in [1.82, 2.24) is 4.98 Å². The number of aryl methyl sites for hydroxylation is 1. The maximum Gasteiger partial charge on any atom is 0.303 e. The molecule has 0 unspecified atom stereocenters. The molecule has 0 spiro atoms. The molecule has 0 fully saturated rings. The quantitative estimate of drug-likeness (QED) is 0.771. The largest absolute Gasteiger partial charge is 0.481 e. The number of hydrogen-bond donors (Lipinski definition) is 1. The summed E-state index contributed by atoms with van der Waals surface area (Å²) in [5.41, 5.74) is 2.91. The Morgan fingerprint density at radius 3 is 2.42 bits per heavy atom. The van der Waals surface area contributed by atoms with E-state index in [1.165, 1.54) is 0 Å². The van der Waals surface area contributed by atoms with E-state index in [1.54, 1.807) is 24.3 Å². The molecule has 3 aromatic rings. The van der Waals surface area contributed by atoms with Gasteiger partial charge in [0.2, 0.25) is 0 Å². The number of carboxylic acids is 1. The number of oxazole rings is 1. The van der Waals surface area contributed by atoms with Crippen LogP contribution in [0, 0.1) is 11.3 Å². The maximum atomic E-state index is 10.8. The lowest BCUT2D eigenvalue weighted by atomic mass is 10.0. The third-order valence-corrected chi connectivity index (χ3v) is 3.55. The van der Waals surface area contributed by atoms with Gasteiger partial charge in [0.25, 0.3) is 0 Å². The predicted molar refractivity (Wildman–Crippen MR) is 88.0 cm³/mol. The van der Waals surface area contributed by atoms with Crippen molar-refractivity contribution in [3.05, 3.63) is 66.1 Å². The first-order valence-corrected chi connectivity index (χ1v) is 7.45. The van der Waals surface area contributed by atoms with Gasteiger partial charge in [-0.2, -0.15) is 5.26 Å². The molecule has 0 saturated carbocycles. The van der Waals surface area contributed by atoms with E-state index in [0.717, 1.165) is 11.1 Å². The zero-order chi connectivity index (χ0) is 16.9. The molecular formula is C19H14N2O3. The molecule has 1 N–H and O–H groups in total. The van der Waals surface area contributed by atoms with Gasteiger partial charge in [-0.15, -0.1) is 0 Å². The first-order valence-electron chi connectivity index (χ1n) is 7.45. The third-order valence-electron chi connectivity index (χ3n) is 3.55. The highest BCUT2D eigenvalue weighted by molar-refractivity contribution is 5.77. The highest BCUT2D eigenvalue weighted by atomic mass is 16.4. The van der Waals surface area contributed by atoms with Crippen molar-refractivity contribution < 1.29 is 14.3 Å². The topological polar surface area (TPSA) is 87.1 Å². The average molecular weight is 318 g/mol. The maximum absolute atomic E-state index is 10.8. The van der Waals surface area contributed by atoms with Crippen molar-refractivity contribution >= 4 is 5.97 Å². The van der Waals surface area contributed by atoms with Crippen LogP contribution >= 0.6 is 0 Å². The van der Waals surface area contributed by atoms with E-state index in [0.29, 0.717) is 22.9 Å². The number of carbonyl (C=O) groups is 1. The molecule has 1 aromatic heterocycles. The Hall–Kier alpha value is -3.39. The standard InChI is InChI=1S/C19H14N2O3/c20-12-13-6-8-15(9-7-13)19-18(14-4-2-1-3-5-14)21-16(24-19)10-11-17(22)23/h1-9H,10-11H2,(H,22,23). The van der Waals surface area contributed by atoms with Crippen LogP contribution in [0.5, 0.6) is 0 Å². The fourth-order valence-corrected chi connectivity index (χ4v) is 2.37. The second kappa shape index (κ2) is 6.80. The summed E-state index contributed by atoms with van der Waals surface area (Å²) in [5, 5.41) is 17.8. The number of rotatable bonds is 5. The summed E-state index contributed by atoms with van der Waals surface area (Å²) in [5.74, 6) is 0.0658. The Balaban J connectivity index is 2.05. The lowest BCUT2D eigenvalue weighted by molar-refractivity contribution is -0.137. The first-order chi connectivity index (χ1) is 11.7. The number of benzene rings is 2. The number of carboxylic acid groups (broad SMARTS) is 1. The predicted octanol–water partition coefficient (Wildman–Crippen LogP) is 3.90. The van der Waals surface area contributed by atoms with Crippen molar-refractivity contribution in [3.8, 4) is 28.7 Å². The van der Waals surface area contributed by atoms with Crippen LogP contribution in [0.2, 0.25) is 0 Å². The Morgan fingerprint density at radius 2 is 1.79 bits per heavy atom. The number of aromatic nitrogens is 1. The minimum atomic E-state index is -0.894. The van der Waals surface area contributed by atoms with Crippen molar-refractivity contribution in [1.29, 1.82) is 5.26 Å². The SMILES string of the molecule is N#Cc1ccc(-c2oc(CCC(=O)O)nc2-c2ccccc2)cc1. The summed E-state index contributed by atoms with van der Waals surface area (Å²) >= 11 is 0. The van der Waals surface area contributed by atoms with Crippen LogP contribution in [0.3, 0.4) is 0 Å². The number of nitrogens with zero attached hydrogens (tertiary/aromatic N) is 2. The number of hydrogen-bond acceptors (Lipinski definition) is 4. The van der Waals surface area contributed by atoms with Crippen LogP contribution in [-0.4, -0.2) is 16.1 Å². The molecule has 0 amide bonds. The van der Waals surface area contributed by atoms with E-state index in [1.807, 2.05) is 30.3 Å². The summed E-state index contributed by atoms with van der Waals surface area (Å²) in [7, 11) is 0. The summed E-state index contributed by atoms with van der Waals surface area (Å²) in [6.07, 6.45) is 0.187. The minimum Gasteiger partial charge on any atom is -0.481 e. The van der Waals surface area contributed by atoms with Crippen LogP contribution in [-0.2, 0) is 11.2 Å². The molecule has 3 rings (SSSR count). The molecule has 5 nitrogen and oxygen atoms in total. The van der Waals surface area contributed by atoms with Gasteiger partial charge in [-0.05, 0) is 24.3 Å². The molecule has 0 bridgehead atoms. The van der Waals surface area contributed by atoms with Gasteiger partial charge in [0.05, 0.1) is 18.1 Å². The van der Waals surface area contributed by atoms with Gasteiger partial charge in [-0.1, -0.05) is 30.3 Å². The molecule has 1 heterocycles. The molecule has 0 saturated heterocycles. The fraction of sp³-hybridized carbons (Fsp3) is 0.105. The molecule has 5 heteroatoms. The molecule has 0 radical (unpaired) electrons. The molecule has 2 aromatic carbocycles. The van der Waals surface area contributed by atoms with Gasteiger partial charge in [0.1, 0.15) is 5.69 Å². The zero-order valence-electron chi connectivity index (χ0n) is 12.8. The van der Waals surface area contributed by atoms with Gasteiger partial charge >= 0.3 is 5.97 Å². The molecule has 24 heavy (non-hydrogen) atoms. The van der Waals surface area contributed by atoms with Crippen molar-refractivity contribution in [2.45, 2.75) is 12.8 Å². The fourth-order valence-electron chi connectivity index (χ4n) is 2.37. The molecule has 0 aliphatic carbocycles. The highest BCUT2D eigenvalue weighted by Crippen LogP contribution is 2.33. The van der Waals surface area contributed by atoms with Gasteiger partial charge in [-0.25, -0.2) is 4.98 Å².